The highest BCUT2D eigenvalue weighted by Gasteiger charge is 2.11. The minimum absolute atomic E-state index is 0.831. The molecular formula is C15H19N3. The van der Waals surface area contributed by atoms with E-state index in [9.17, 15) is 0 Å². The summed E-state index contributed by atoms with van der Waals surface area (Å²) in [5.41, 5.74) is 6.45. The lowest BCUT2D eigenvalue weighted by molar-refractivity contribution is 0.686. The molecule has 3 nitrogen and oxygen atoms in total. The molecule has 0 bridgehead atoms. The Kier molecular flexibility index (Phi) is 3.15. The summed E-state index contributed by atoms with van der Waals surface area (Å²) in [5.74, 6) is 0. The van der Waals surface area contributed by atoms with Crippen LogP contribution in [0.1, 0.15) is 29.7 Å². The largest absolute Gasteiger partial charge is 0.314 e. The summed E-state index contributed by atoms with van der Waals surface area (Å²) < 4.78 is 0. The number of hydrogen-bond donors (Lipinski definition) is 2. The van der Waals surface area contributed by atoms with E-state index in [0.29, 0.717) is 0 Å². The standard InChI is InChI=1S/C15H19N3/c1-16-10-14-9-15(18-17-14)13-7-6-11-4-2-3-5-12(11)8-13/h6-9,16H,2-5,10H2,1H3,(H,17,18). The normalized spacial score (nSPS) is 14.5. The molecule has 1 aliphatic rings. The summed E-state index contributed by atoms with van der Waals surface area (Å²) in [6, 6.07) is 8.91. The topological polar surface area (TPSA) is 40.7 Å². The maximum absolute atomic E-state index is 4.39. The Morgan fingerprint density at radius 2 is 2.00 bits per heavy atom. The quantitative estimate of drug-likeness (QED) is 0.867. The molecule has 1 aliphatic carbocycles. The predicted octanol–water partition coefficient (Wildman–Crippen LogP) is 2.67. The van der Waals surface area contributed by atoms with Gasteiger partial charge in [0.15, 0.2) is 0 Å². The fourth-order valence-corrected chi connectivity index (χ4v) is 2.68. The zero-order valence-corrected chi connectivity index (χ0v) is 10.8. The SMILES string of the molecule is CNCc1cc(-c2ccc3c(c2)CCCC3)n[nH]1. The Balaban J connectivity index is 1.91. The van der Waals surface area contributed by atoms with Crippen LogP contribution < -0.4 is 5.32 Å². The van der Waals surface area contributed by atoms with Crippen molar-refractivity contribution in [3.8, 4) is 11.3 Å². The lowest BCUT2D eigenvalue weighted by Crippen LogP contribution is -2.04. The van der Waals surface area contributed by atoms with Crippen LogP contribution in [0.5, 0.6) is 0 Å². The maximum Gasteiger partial charge on any atom is 0.0924 e. The van der Waals surface area contributed by atoms with Crippen molar-refractivity contribution >= 4 is 0 Å². The van der Waals surface area contributed by atoms with E-state index < -0.39 is 0 Å². The van der Waals surface area contributed by atoms with Crippen molar-refractivity contribution in [2.24, 2.45) is 0 Å². The molecule has 2 aromatic rings. The first-order valence-electron chi connectivity index (χ1n) is 6.68. The van der Waals surface area contributed by atoms with Gasteiger partial charge in [0, 0.05) is 17.8 Å². The van der Waals surface area contributed by atoms with Gasteiger partial charge in [-0.2, -0.15) is 5.10 Å². The third-order valence-corrected chi connectivity index (χ3v) is 3.64. The van der Waals surface area contributed by atoms with E-state index in [4.69, 9.17) is 0 Å². The Labute approximate surface area is 108 Å². The summed E-state index contributed by atoms with van der Waals surface area (Å²) in [4.78, 5) is 0. The monoisotopic (exact) mass is 241 g/mol. The molecule has 0 fully saturated rings. The van der Waals surface area contributed by atoms with Crippen LogP contribution in [-0.2, 0) is 19.4 Å². The van der Waals surface area contributed by atoms with Gasteiger partial charge in [-0.05, 0) is 56.0 Å². The Hall–Kier alpha value is -1.61. The molecule has 2 N–H and O–H groups in total. The van der Waals surface area contributed by atoms with Gasteiger partial charge in [0.2, 0.25) is 0 Å². The maximum atomic E-state index is 4.39. The number of aryl methyl sites for hydroxylation is 2. The first-order chi connectivity index (χ1) is 8.86. The number of rotatable bonds is 3. The summed E-state index contributed by atoms with van der Waals surface area (Å²) in [6.45, 7) is 0.831. The molecule has 1 aromatic heterocycles. The smallest absolute Gasteiger partial charge is 0.0924 e. The van der Waals surface area contributed by atoms with E-state index in [2.05, 4.69) is 39.8 Å². The van der Waals surface area contributed by atoms with Gasteiger partial charge in [-0.15, -0.1) is 0 Å². The van der Waals surface area contributed by atoms with E-state index in [1.54, 1.807) is 0 Å². The van der Waals surface area contributed by atoms with Gasteiger partial charge in [-0.25, -0.2) is 0 Å². The number of nitrogens with one attached hydrogen (secondary N) is 2. The molecule has 0 atom stereocenters. The van der Waals surface area contributed by atoms with E-state index in [1.165, 1.54) is 42.4 Å². The van der Waals surface area contributed by atoms with Crippen LogP contribution in [0.15, 0.2) is 24.3 Å². The molecule has 1 aromatic carbocycles. The van der Waals surface area contributed by atoms with Gasteiger partial charge in [0.1, 0.15) is 0 Å². The number of nitrogens with zero attached hydrogens (tertiary/aromatic N) is 1. The van der Waals surface area contributed by atoms with Crippen molar-refractivity contribution in [3.05, 3.63) is 41.1 Å². The lowest BCUT2D eigenvalue weighted by atomic mass is 9.90. The van der Waals surface area contributed by atoms with Crippen molar-refractivity contribution in [2.75, 3.05) is 7.05 Å². The molecule has 3 heteroatoms. The van der Waals surface area contributed by atoms with Crippen molar-refractivity contribution in [1.82, 2.24) is 15.5 Å². The van der Waals surface area contributed by atoms with Crippen molar-refractivity contribution in [3.63, 3.8) is 0 Å². The molecule has 0 saturated heterocycles. The second kappa shape index (κ2) is 4.94. The van der Waals surface area contributed by atoms with Crippen LogP contribution in [0, 0.1) is 0 Å². The summed E-state index contributed by atoms with van der Waals surface area (Å²) >= 11 is 0. The third-order valence-electron chi connectivity index (χ3n) is 3.64. The third kappa shape index (κ3) is 2.18. The van der Waals surface area contributed by atoms with Gasteiger partial charge in [0.05, 0.1) is 5.69 Å². The van der Waals surface area contributed by atoms with Gasteiger partial charge >= 0.3 is 0 Å². The molecule has 3 rings (SSSR count). The molecule has 0 radical (unpaired) electrons. The molecule has 0 spiro atoms. The molecule has 0 unspecified atom stereocenters. The molecule has 1 heterocycles. The van der Waals surface area contributed by atoms with Crippen LogP contribution in [0.3, 0.4) is 0 Å². The molecule has 94 valence electrons. The van der Waals surface area contributed by atoms with E-state index in [0.717, 1.165) is 17.9 Å². The second-order valence-electron chi connectivity index (χ2n) is 5.00. The Morgan fingerprint density at radius 1 is 1.17 bits per heavy atom. The van der Waals surface area contributed by atoms with E-state index in [-0.39, 0.29) is 0 Å². The Morgan fingerprint density at radius 3 is 2.83 bits per heavy atom. The summed E-state index contributed by atoms with van der Waals surface area (Å²) in [6.07, 6.45) is 5.11. The van der Waals surface area contributed by atoms with Crippen LogP contribution in [0.4, 0.5) is 0 Å². The fourth-order valence-electron chi connectivity index (χ4n) is 2.68. The fraction of sp³-hybridized carbons (Fsp3) is 0.400. The average molecular weight is 241 g/mol. The van der Waals surface area contributed by atoms with Crippen LogP contribution in [-0.4, -0.2) is 17.2 Å². The number of aromatic nitrogens is 2. The van der Waals surface area contributed by atoms with Crippen LogP contribution in [0.2, 0.25) is 0 Å². The number of benzene rings is 1. The number of H-pyrrole nitrogens is 1. The van der Waals surface area contributed by atoms with E-state index in [1.807, 2.05) is 7.05 Å². The van der Waals surface area contributed by atoms with Gasteiger partial charge in [-0.1, -0.05) is 12.1 Å². The van der Waals surface area contributed by atoms with Crippen LogP contribution in [0.25, 0.3) is 11.3 Å². The van der Waals surface area contributed by atoms with Crippen molar-refractivity contribution < 1.29 is 0 Å². The summed E-state index contributed by atoms with van der Waals surface area (Å²) in [5, 5.41) is 10.6. The minimum atomic E-state index is 0.831. The summed E-state index contributed by atoms with van der Waals surface area (Å²) in [7, 11) is 1.94. The minimum Gasteiger partial charge on any atom is -0.314 e. The predicted molar refractivity (Wildman–Crippen MR) is 73.4 cm³/mol. The zero-order valence-electron chi connectivity index (χ0n) is 10.8. The Bertz CT molecular complexity index is 542. The molecule has 0 aliphatic heterocycles. The molecule has 0 amide bonds. The highest BCUT2D eigenvalue weighted by atomic mass is 15.1. The first-order valence-corrected chi connectivity index (χ1v) is 6.68. The highest BCUT2D eigenvalue weighted by Crippen LogP contribution is 2.26. The van der Waals surface area contributed by atoms with Gasteiger partial charge in [0.25, 0.3) is 0 Å². The van der Waals surface area contributed by atoms with Crippen molar-refractivity contribution in [1.29, 1.82) is 0 Å². The van der Waals surface area contributed by atoms with Gasteiger partial charge < -0.3 is 5.32 Å². The van der Waals surface area contributed by atoms with Crippen LogP contribution >= 0.6 is 0 Å². The number of hydrogen-bond acceptors (Lipinski definition) is 2. The average Bonchev–Trinajstić information content (AvgIpc) is 2.87. The van der Waals surface area contributed by atoms with Gasteiger partial charge in [-0.3, -0.25) is 5.10 Å². The van der Waals surface area contributed by atoms with E-state index >= 15 is 0 Å². The van der Waals surface area contributed by atoms with Crippen molar-refractivity contribution in [2.45, 2.75) is 32.2 Å². The number of aromatic amines is 1. The second-order valence-corrected chi connectivity index (χ2v) is 5.00. The number of fused-ring (bicyclic) bond motifs is 1. The molecule has 0 saturated carbocycles. The first kappa shape index (κ1) is 11.5. The zero-order chi connectivity index (χ0) is 12.4. The molecule has 18 heavy (non-hydrogen) atoms. The highest BCUT2D eigenvalue weighted by molar-refractivity contribution is 5.61. The molecular weight excluding hydrogens is 222 g/mol. The lowest BCUT2D eigenvalue weighted by Gasteiger charge is -2.15.